The third-order valence-electron chi connectivity index (χ3n) is 2.64. The number of anilines is 1. The summed E-state index contributed by atoms with van der Waals surface area (Å²) in [7, 11) is 0. The van der Waals surface area contributed by atoms with E-state index in [0.717, 1.165) is 11.3 Å². The zero-order valence-corrected chi connectivity index (χ0v) is 11.5. The van der Waals surface area contributed by atoms with Crippen LogP contribution in [0.2, 0.25) is 0 Å². The molecule has 2 rings (SSSR count). The number of benzene rings is 2. The van der Waals surface area contributed by atoms with Crippen LogP contribution in [0, 0.1) is 0 Å². The topological polar surface area (TPSA) is 74.0 Å². The zero-order valence-electron chi connectivity index (χ0n) is 11.5. The molecular weight excluding hydrogens is 266 g/mol. The van der Waals surface area contributed by atoms with Crippen molar-refractivity contribution in [1.29, 1.82) is 0 Å². The Balaban J connectivity index is 1.98. The minimum absolute atomic E-state index is 0.108. The minimum atomic E-state index is -0.108. The first-order chi connectivity index (χ1) is 10.1. The Kier molecular flexibility index (Phi) is 4.82. The molecule has 2 aromatic rings. The fourth-order valence-corrected chi connectivity index (χ4v) is 1.65. The second kappa shape index (κ2) is 7.00. The van der Waals surface area contributed by atoms with Gasteiger partial charge in [0.25, 0.3) is 0 Å². The van der Waals surface area contributed by atoms with E-state index < -0.39 is 0 Å². The van der Waals surface area contributed by atoms with Crippen molar-refractivity contribution in [2.75, 3.05) is 5.32 Å². The maximum absolute atomic E-state index is 10.9. The van der Waals surface area contributed by atoms with Crippen molar-refractivity contribution in [2.24, 2.45) is 10.2 Å². The van der Waals surface area contributed by atoms with Crippen molar-refractivity contribution in [3.63, 3.8) is 0 Å². The second-order valence-electron chi connectivity index (χ2n) is 4.35. The molecule has 0 atom stereocenters. The van der Waals surface area contributed by atoms with Crippen LogP contribution in [0.5, 0.6) is 5.75 Å². The van der Waals surface area contributed by atoms with Gasteiger partial charge in [-0.2, -0.15) is 10.2 Å². The lowest BCUT2D eigenvalue weighted by molar-refractivity contribution is -0.114. The van der Waals surface area contributed by atoms with Crippen LogP contribution in [-0.4, -0.2) is 23.4 Å². The summed E-state index contributed by atoms with van der Waals surface area (Å²) in [6.07, 6.45) is 3.07. The molecule has 0 heterocycles. The van der Waals surface area contributed by atoms with Crippen molar-refractivity contribution < 1.29 is 9.90 Å². The van der Waals surface area contributed by atoms with E-state index in [1.54, 1.807) is 36.5 Å². The van der Waals surface area contributed by atoms with Crippen molar-refractivity contribution in [3.05, 3.63) is 59.7 Å². The molecule has 0 saturated carbocycles. The fourth-order valence-electron chi connectivity index (χ4n) is 1.65. The molecule has 0 aliphatic rings. The lowest BCUT2D eigenvalue weighted by atomic mass is 10.2. The molecule has 0 fully saturated rings. The summed E-state index contributed by atoms with van der Waals surface area (Å²) in [6, 6.07) is 14.1. The van der Waals surface area contributed by atoms with Gasteiger partial charge in [-0.1, -0.05) is 24.3 Å². The van der Waals surface area contributed by atoms with E-state index in [2.05, 4.69) is 15.5 Å². The van der Waals surface area contributed by atoms with Gasteiger partial charge in [0.2, 0.25) is 5.91 Å². The highest BCUT2D eigenvalue weighted by Crippen LogP contribution is 2.12. The van der Waals surface area contributed by atoms with Crippen molar-refractivity contribution >= 4 is 24.0 Å². The Bertz CT molecular complexity index is 676. The average Bonchev–Trinajstić information content (AvgIpc) is 2.46. The van der Waals surface area contributed by atoms with E-state index in [9.17, 15) is 9.90 Å². The van der Waals surface area contributed by atoms with Gasteiger partial charge in [0.05, 0.1) is 12.4 Å². The Labute approximate surface area is 122 Å². The van der Waals surface area contributed by atoms with Gasteiger partial charge in [0.15, 0.2) is 0 Å². The number of aromatic hydroxyl groups is 1. The van der Waals surface area contributed by atoms with E-state index in [1.165, 1.54) is 13.1 Å². The summed E-state index contributed by atoms with van der Waals surface area (Å²) in [5.74, 6) is 0.0554. The van der Waals surface area contributed by atoms with Crippen LogP contribution < -0.4 is 5.32 Å². The Morgan fingerprint density at radius 1 is 1.05 bits per heavy atom. The van der Waals surface area contributed by atoms with E-state index >= 15 is 0 Å². The van der Waals surface area contributed by atoms with Crippen LogP contribution >= 0.6 is 0 Å². The molecule has 0 radical (unpaired) electrons. The summed E-state index contributed by atoms with van der Waals surface area (Å²) < 4.78 is 0. The number of nitrogens with zero attached hydrogens (tertiary/aromatic N) is 2. The van der Waals surface area contributed by atoms with E-state index in [1.807, 2.05) is 18.2 Å². The van der Waals surface area contributed by atoms with Gasteiger partial charge in [-0.3, -0.25) is 4.79 Å². The molecule has 21 heavy (non-hydrogen) atoms. The van der Waals surface area contributed by atoms with Crippen molar-refractivity contribution in [2.45, 2.75) is 6.92 Å². The Morgan fingerprint density at radius 2 is 1.71 bits per heavy atom. The Morgan fingerprint density at radius 3 is 2.38 bits per heavy atom. The van der Waals surface area contributed by atoms with Crippen LogP contribution in [0.15, 0.2) is 58.7 Å². The third-order valence-corrected chi connectivity index (χ3v) is 2.64. The average molecular weight is 281 g/mol. The van der Waals surface area contributed by atoms with Crippen LogP contribution in [0.3, 0.4) is 0 Å². The molecule has 0 aliphatic heterocycles. The lowest BCUT2D eigenvalue weighted by Gasteiger charge is -2.00. The molecule has 0 aromatic heterocycles. The lowest BCUT2D eigenvalue weighted by Crippen LogP contribution is -2.05. The number of rotatable bonds is 4. The molecule has 0 aliphatic carbocycles. The molecule has 2 N–H and O–H groups in total. The van der Waals surface area contributed by atoms with Gasteiger partial charge in [-0.05, 0) is 29.8 Å². The Hall–Kier alpha value is -2.95. The quantitative estimate of drug-likeness (QED) is 0.668. The molecule has 106 valence electrons. The van der Waals surface area contributed by atoms with E-state index in [0.29, 0.717) is 5.56 Å². The molecule has 0 bridgehead atoms. The van der Waals surface area contributed by atoms with Gasteiger partial charge in [0.1, 0.15) is 5.75 Å². The largest absolute Gasteiger partial charge is 0.507 e. The highest BCUT2D eigenvalue weighted by molar-refractivity contribution is 5.89. The molecule has 5 heteroatoms. The van der Waals surface area contributed by atoms with Gasteiger partial charge < -0.3 is 10.4 Å². The molecular formula is C16H15N3O2. The monoisotopic (exact) mass is 281 g/mol. The smallest absolute Gasteiger partial charge is 0.221 e. The first kappa shape index (κ1) is 14.5. The number of carbonyl (C=O) groups excluding carboxylic acids is 1. The van der Waals surface area contributed by atoms with Gasteiger partial charge in [-0.25, -0.2) is 0 Å². The first-order valence-corrected chi connectivity index (χ1v) is 6.37. The molecule has 0 unspecified atom stereocenters. The predicted octanol–water partition coefficient (Wildman–Crippen LogP) is 2.80. The summed E-state index contributed by atoms with van der Waals surface area (Å²) in [5, 5.41) is 20.0. The molecule has 2 aromatic carbocycles. The van der Waals surface area contributed by atoms with E-state index in [-0.39, 0.29) is 11.7 Å². The zero-order chi connectivity index (χ0) is 15.1. The fraction of sp³-hybridized carbons (Fsp3) is 0.0625. The van der Waals surface area contributed by atoms with Gasteiger partial charge in [-0.15, -0.1) is 0 Å². The van der Waals surface area contributed by atoms with Gasteiger partial charge >= 0.3 is 0 Å². The normalized spacial score (nSPS) is 11.1. The number of para-hydroxylation sites is 1. The van der Waals surface area contributed by atoms with Crippen molar-refractivity contribution in [1.82, 2.24) is 0 Å². The number of nitrogens with one attached hydrogen (secondary N) is 1. The highest BCUT2D eigenvalue weighted by Gasteiger charge is 1.95. The second-order valence-corrected chi connectivity index (χ2v) is 4.35. The summed E-state index contributed by atoms with van der Waals surface area (Å²) >= 11 is 0. The number of amides is 1. The number of phenolic OH excluding ortho intramolecular Hbond substituents is 1. The van der Waals surface area contributed by atoms with Crippen LogP contribution in [-0.2, 0) is 4.79 Å². The summed E-state index contributed by atoms with van der Waals surface area (Å²) in [4.78, 5) is 10.9. The molecule has 0 spiro atoms. The first-order valence-electron chi connectivity index (χ1n) is 6.37. The highest BCUT2D eigenvalue weighted by atomic mass is 16.3. The minimum Gasteiger partial charge on any atom is -0.507 e. The van der Waals surface area contributed by atoms with Crippen LogP contribution in [0.4, 0.5) is 5.69 Å². The number of hydrogen-bond donors (Lipinski definition) is 2. The SMILES string of the molecule is CC(=O)Nc1ccc(/C=N/N=C\c2ccccc2O)cc1. The maximum atomic E-state index is 10.9. The standard InChI is InChI=1S/C16H15N3O2/c1-12(20)19-15-8-6-13(7-9-15)10-17-18-11-14-4-2-3-5-16(14)21/h2-11,21H,1H3,(H,19,20)/b17-10+,18-11-. The number of carbonyl (C=O) groups is 1. The summed E-state index contributed by atoms with van der Waals surface area (Å²) in [5.41, 5.74) is 2.20. The van der Waals surface area contributed by atoms with Crippen molar-refractivity contribution in [3.8, 4) is 5.75 Å². The maximum Gasteiger partial charge on any atom is 0.221 e. The van der Waals surface area contributed by atoms with E-state index in [4.69, 9.17) is 0 Å². The predicted molar refractivity (Wildman–Crippen MR) is 84.0 cm³/mol. The van der Waals surface area contributed by atoms with Gasteiger partial charge in [0, 0.05) is 18.2 Å². The summed E-state index contributed by atoms with van der Waals surface area (Å²) in [6.45, 7) is 1.46. The molecule has 0 saturated heterocycles. The molecule has 5 nitrogen and oxygen atoms in total. The molecule has 1 amide bonds. The number of hydrogen-bond acceptors (Lipinski definition) is 4. The number of phenols is 1. The van der Waals surface area contributed by atoms with Crippen LogP contribution in [0.1, 0.15) is 18.1 Å². The third kappa shape index (κ3) is 4.58. The van der Waals surface area contributed by atoms with Crippen LogP contribution in [0.25, 0.3) is 0 Å².